The highest BCUT2D eigenvalue weighted by atomic mass is 33.1. The third-order valence-corrected chi connectivity index (χ3v) is 29.1. The molecule has 10 nitrogen and oxygen atoms in total. The number of phenols is 1. The van der Waals surface area contributed by atoms with Crippen LogP contribution in [0.4, 0.5) is 0 Å². The van der Waals surface area contributed by atoms with Crippen LogP contribution in [-0.4, -0.2) is 74.0 Å². The van der Waals surface area contributed by atoms with Crippen molar-refractivity contribution in [2.45, 2.75) is 227 Å². The lowest BCUT2D eigenvalue weighted by atomic mass is 9.51. The van der Waals surface area contributed by atoms with Crippen LogP contribution in [0.5, 0.6) is 11.5 Å². The molecule has 16 atom stereocenters. The number of nitrogens with zero attached hydrogens (tertiary/aromatic N) is 2. The maximum Gasteiger partial charge on any atom is 0.303 e. The smallest absolute Gasteiger partial charge is 0.303 e. The van der Waals surface area contributed by atoms with E-state index in [1.807, 2.05) is 0 Å². The number of ether oxygens (including phenoxy) is 2. The Morgan fingerprint density at radius 3 is 2.56 bits per heavy atom. The lowest BCUT2D eigenvalue weighted by molar-refractivity contribution is -0.201. The Kier molecular flexibility index (Phi) is 12.7. The Hall–Kier alpha value is -3.53. The summed E-state index contributed by atoms with van der Waals surface area (Å²) in [5.74, 6) is 13.3. The van der Waals surface area contributed by atoms with Crippen molar-refractivity contribution in [3.8, 4) is 23.3 Å². The van der Waals surface area contributed by atoms with E-state index in [2.05, 4.69) is 80.0 Å². The Labute approximate surface area is 478 Å². The van der Waals surface area contributed by atoms with Crippen LogP contribution in [0.15, 0.2) is 41.4 Å². The second-order valence-corrected chi connectivity index (χ2v) is 31.8. The Balaban J connectivity index is 0.873. The molecule has 1 amide bonds. The number of guanidine groups is 1. The van der Waals surface area contributed by atoms with Crippen molar-refractivity contribution in [1.82, 2.24) is 10.2 Å². The number of aliphatic hydroxyl groups excluding tert-OH is 1. The summed E-state index contributed by atoms with van der Waals surface area (Å²) >= 11 is 0. The third kappa shape index (κ3) is 8.12. The van der Waals surface area contributed by atoms with E-state index in [1.165, 1.54) is 75.3 Å². The largest absolute Gasteiger partial charge is 0.504 e. The van der Waals surface area contributed by atoms with Gasteiger partial charge in [0, 0.05) is 72.9 Å². The molecule has 2 aromatic rings. The van der Waals surface area contributed by atoms with E-state index in [4.69, 9.17) is 20.2 Å². The summed E-state index contributed by atoms with van der Waals surface area (Å²) in [5.41, 5.74) is 9.91. The molecule has 5 N–H and O–H groups in total. The molecule has 16 bridgehead atoms. The third-order valence-electron chi connectivity index (χ3n) is 25.8. The number of benzene rings is 2. The number of amides is 1. The molecular formula is C67H88N4O6S2. The van der Waals surface area contributed by atoms with Gasteiger partial charge < -0.3 is 35.6 Å². The highest BCUT2D eigenvalue weighted by Crippen LogP contribution is 2.69. The molecule has 6 spiro atoms. The molecule has 0 radical (unpaired) electrons. The zero-order chi connectivity index (χ0) is 53.6. The van der Waals surface area contributed by atoms with Crippen molar-refractivity contribution in [3.05, 3.63) is 58.7 Å². The summed E-state index contributed by atoms with van der Waals surface area (Å²) in [7, 11) is 4.24. The number of rotatable bonds is 2. The number of nitrogens with two attached hydrogens (primary N) is 1. The van der Waals surface area contributed by atoms with Gasteiger partial charge in [-0.25, -0.2) is 0 Å². The van der Waals surface area contributed by atoms with Crippen LogP contribution in [0.1, 0.15) is 214 Å². The number of aliphatic imine (C=N–C) groups is 1. The Morgan fingerprint density at radius 1 is 0.873 bits per heavy atom. The molecule has 9 saturated carbocycles. The second-order valence-electron chi connectivity index (χ2n) is 29.2. The monoisotopic (exact) mass is 1110 g/mol. The number of nitrogens with one attached hydrogen (secondary N) is 1. The molecule has 9 aliphatic carbocycles. The molecule has 0 aromatic heterocycles. The van der Waals surface area contributed by atoms with Crippen LogP contribution in [0.2, 0.25) is 0 Å². The second kappa shape index (κ2) is 19.3. The number of esters is 1. The van der Waals surface area contributed by atoms with E-state index < -0.39 is 22.5 Å². The predicted molar refractivity (Wildman–Crippen MR) is 312 cm³/mol. The number of fused-ring (bicyclic) bond motifs is 2. The maximum absolute atomic E-state index is 15.4. The zero-order valence-corrected chi connectivity index (χ0v) is 48.8. The lowest BCUT2D eigenvalue weighted by Crippen LogP contribution is -2.58. The minimum atomic E-state index is -0.776. The van der Waals surface area contributed by atoms with Crippen LogP contribution >= 0.6 is 21.6 Å². The standard InChI is InChI=1S/C67H88N4O6S2/c1-42(72)76-66-35-47-14-16-51(66)32-48-30-49(58(75)59-57(48)45-19-29-65(77-59)25-8-13-50(65)31-45)38-71-41-64(37-55(71)74)53(44-11-3-2-4-12-44)20-28-63(64)23-7-10-43-18-27-62(33-43)24-9-26-67(62,70-60(68)69-40-63)79-78-39-52-17-15-46(56(47)54(73)36-66)34-61(52)21-5-6-22-61/h2-4,11-12,30,43,45-47,50-54,56,73,75H,5-6,8-10,13-22,24-29,31-41H2,1H3,(H3,68,69,70). The van der Waals surface area contributed by atoms with Gasteiger partial charge >= 0.3 is 5.97 Å². The molecule has 1 saturated heterocycles. The van der Waals surface area contributed by atoms with Gasteiger partial charge in [-0.2, -0.15) is 0 Å². The summed E-state index contributed by atoms with van der Waals surface area (Å²) < 4.78 is 14.2. The number of hydrogen-bond acceptors (Lipinski definition) is 11. The zero-order valence-electron chi connectivity index (χ0n) is 47.2. The first kappa shape index (κ1) is 52.3. The number of aliphatic hydroxyl groups is 1. The molecule has 12 heteroatoms. The molecule has 8 heterocycles. The van der Waals surface area contributed by atoms with E-state index in [0.717, 1.165) is 113 Å². The molecule has 10 fully saturated rings. The van der Waals surface area contributed by atoms with E-state index in [9.17, 15) is 15.0 Å². The number of phenolic OH excluding ortho intramolecular Hbond substituents is 1. The fourth-order valence-electron chi connectivity index (χ4n) is 22.4. The van der Waals surface area contributed by atoms with Crippen LogP contribution < -0.4 is 15.8 Å². The quantitative estimate of drug-likeness (QED) is 0.130. The summed E-state index contributed by atoms with van der Waals surface area (Å²) in [5, 5.41) is 29.9. The minimum absolute atomic E-state index is 0.000658. The van der Waals surface area contributed by atoms with Crippen molar-refractivity contribution in [2.24, 2.45) is 73.8 Å². The van der Waals surface area contributed by atoms with Gasteiger partial charge in [-0.05, 0) is 218 Å². The fourth-order valence-corrected chi connectivity index (χ4v) is 26.4. The van der Waals surface area contributed by atoms with Crippen LogP contribution in [0.25, 0.3) is 0 Å². The van der Waals surface area contributed by atoms with E-state index >= 15 is 4.79 Å². The first-order valence-electron chi connectivity index (χ1n) is 31.9. The van der Waals surface area contributed by atoms with Crippen molar-refractivity contribution in [3.63, 3.8) is 0 Å². The number of hydrogen-bond donors (Lipinski definition) is 4. The molecule has 8 aliphatic heterocycles. The van der Waals surface area contributed by atoms with Gasteiger partial charge in [0.25, 0.3) is 0 Å². The van der Waals surface area contributed by atoms with E-state index in [-0.39, 0.29) is 63.7 Å². The predicted octanol–water partition coefficient (Wildman–Crippen LogP) is 12.9. The molecule has 17 aliphatic rings. The van der Waals surface area contributed by atoms with Gasteiger partial charge in [-0.3, -0.25) is 14.6 Å². The SMILES string of the molecule is CC(=O)OC12CC(O)C3C4CCC(CSSC56CCCC57CCC(CC#CC5(CCC(c8ccccc8)C58CC(=O)N(Cc5cc(c9c(c5O)OC5%10CCCC5CC9CC%10)CC1CCC3C2)C8)CN=C(N)N6)C7)C1(CCCC1)C4. The maximum atomic E-state index is 15.4. The van der Waals surface area contributed by atoms with Gasteiger partial charge in [0.1, 0.15) is 16.1 Å². The lowest BCUT2D eigenvalue weighted by Gasteiger charge is -2.57. The average Bonchev–Trinajstić information content (AvgIpc) is 4.51. The van der Waals surface area contributed by atoms with Gasteiger partial charge in [0.15, 0.2) is 17.5 Å². The Morgan fingerprint density at radius 2 is 1.71 bits per heavy atom. The van der Waals surface area contributed by atoms with E-state index in [1.54, 1.807) is 6.92 Å². The van der Waals surface area contributed by atoms with Crippen LogP contribution in [0.3, 0.4) is 0 Å². The topological polar surface area (TPSA) is 147 Å². The van der Waals surface area contributed by atoms with Crippen molar-refractivity contribution in [1.29, 1.82) is 0 Å². The summed E-state index contributed by atoms with van der Waals surface area (Å²) in [4.78, 5) is 36.2. The molecule has 16 unspecified atom stereocenters. The first-order valence-corrected chi connectivity index (χ1v) is 34.2. The molecule has 424 valence electrons. The minimum Gasteiger partial charge on any atom is -0.504 e. The summed E-state index contributed by atoms with van der Waals surface area (Å²) in [6.45, 7) is 2.79. The molecular weight excluding hydrogens is 1020 g/mol. The summed E-state index contributed by atoms with van der Waals surface area (Å²) in [6.07, 6.45) is 28.5. The van der Waals surface area contributed by atoms with Gasteiger partial charge in [0.2, 0.25) is 5.91 Å². The normalized spacial score (nSPS) is 44.5. The van der Waals surface area contributed by atoms with Crippen molar-refractivity contribution >= 4 is 39.4 Å². The first-order chi connectivity index (χ1) is 38.3. The number of carbonyl (C=O) groups excluding carboxylic acids is 2. The fraction of sp³-hybridized carbons (Fsp3) is 0.746. The Bertz CT molecular complexity index is 2860. The van der Waals surface area contributed by atoms with E-state index in [0.29, 0.717) is 79.1 Å². The van der Waals surface area contributed by atoms with Crippen molar-refractivity contribution in [2.75, 3.05) is 18.8 Å². The molecule has 19 rings (SSSR count). The highest BCUT2D eigenvalue weighted by Gasteiger charge is 2.66. The molecule has 2 aromatic carbocycles. The summed E-state index contributed by atoms with van der Waals surface area (Å²) in [6, 6.07) is 13.1. The average molecular weight is 1110 g/mol. The number of carbonyl (C=O) groups is 2. The van der Waals surface area contributed by atoms with Gasteiger partial charge in [0.05, 0.1) is 18.1 Å². The van der Waals surface area contributed by atoms with Crippen LogP contribution in [-0.2, 0) is 27.3 Å². The molecule has 79 heavy (non-hydrogen) atoms. The van der Waals surface area contributed by atoms with Gasteiger partial charge in [-0.1, -0.05) is 70.7 Å². The highest BCUT2D eigenvalue weighted by molar-refractivity contribution is 8.77. The van der Waals surface area contributed by atoms with Crippen molar-refractivity contribution < 1.29 is 29.3 Å². The van der Waals surface area contributed by atoms with Gasteiger partial charge in [-0.15, -0.1) is 5.92 Å². The van der Waals surface area contributed by atoms with Crippen LogP contribution in [0, 0.1) is 74.9 Å². The number of aromatic hydroxyl groups is 1.